The zero-order valence-electron chi connectivity index (χ0n) is 15.2. The van der Waals surface area contributed by atoms with E-state index in [0.29, 0.717) is 10.8 Å². The summed E-state index contributed by atoms with van der Waals surface area (Å²) in [4.78, 5) is 15.5. The maximum Gasteiger partial charge on any atom is 0.331 e. The van der Waals surface area contributed by atoms with E-state index in [1.54, 1.807) is 18.2 Å². The molecule has 0 fully saturated rings. The molecule has 0 amide bonds. The van der Waals surface area contributed by atoms with Gasteiger partial charge in [-0.2, -0.15) is 0 Å². The van der Waals surface area contributed by atoms with Gasteiger partial charge >= 0.3 is 5.69 Å². The van der Waals surface area contributed by atoms with Crippen LogP contribution in [0.5, 0.6) is 11.6 Å². The van der Waals surface area contributed by atoms with Crippen molar-refractivity contribution >= 4 is 17.3 Å². The molecule has 0 radical (unpaired) electrons. The lowest BCUT2D eigenvalue weighted by Gasteiger charge is -2.17. The molecule has 0 saturated carbocycles. The number of aryl methyl sites for hydroxylation is 3. The molecule has 0 aliphatic carbocycles. The number of hydrogen-bond acceptors (Lipinski definition) is 4. The largest absolute Gasteiger partial charge is 0.433 e. The molecule has 2 aromatic rings. The fourth-order valence-electron chi connectivity index (χ4n) is 3.09. The van der Waals surface area contributed by atoms with Crippen LogP contribution < -0.4 is 4.74 Å². The molecule has 5 nitrogen and oxygen atoms in total. The van der Waals surface area contributed by atoms with Crippen LogP contribution >= 0.6 is 11.6 Å². The molecule has 0 aliphatic rings. The third kappa shape index (κ3) is 4.10. The molecule has 0 saturated heterocycles. The molecular weight excluding hydrogens is 340 g/mol. The van der Waals surface area contributed by atoms with Gasteiger partial charge in [0, 0.05) is 16.8 Å². The first-order valence-electron chi connectivity index (χ1n) is 8.38. The van der Waals surface area contributed by atoms with Crippen LogP contribution in [0.25, 0.3) is 0 Å². The van der Waals surface area contributed by atoms with Crippen LogP contribution in [-0.4, -0.2) is 9.91 Å². The van der Waals surface area contributed by atoms with Gasteiger partial charge in [-0.15, -0.1) is 0 Å². The van der Waals surface area contributed by atoms with Gasteiger partial charge in [-0.1, -0.05) is 25.4 Å². The Morgan fingerprint density at radius 3 is 2.20 bits per heavy atom. The Hall–Kier alpha value is -2.14. The molecule has 0 atom stereocenters. The molecule has 6 heteroatoms. The molecule has 1 aromatic carbocycles. The van der Waals surface area contributed by atoms with Gasteiger partial charge in [0.15, 0.2) is 0 Å². The Morgan fingerprint density at radius 1 is 1.16 bits per heavy atom. The Labute approximate surface area is 153 Å². The number of halogens is 1. The molecule has 1 heterocycles. The van der Waals surface area contributed by atoms with Crippen molar-refractivity contribution in [3.05, 3.63) is 55.7 Å². The second-order valence-corrected chi connectivity index (χ2v) is 6.67. The lowest BCUT2D eigenvalue weighted by atomic mass is 9.92. The monoisotopic (exact) mass is 362 g/mol. The summed E-state index contributed by atoms with van der Waals surface area (Å²) in [5.74, 6) is 0.819. The van der Waals surface area contributed by atoms with Crippen LogP contribution in [0.15, 0.2) is 18.2 Å². The quantitative estimate of drug-likeness (QED) is 0.449. The predicted molar refractivity (Wildman–Crippen MR) is 100.0 cm³/mol. The third-order valence-electron chi connectivity index (χ3n) is 4.44. The van der Waals surface area contributed by atoms with E-state index >= 15 is 0 Å². The van der Waals surface area contributed by atoms with Gasteiger partial charge in [0.25, 0.3) is 5.88 Å². The minimum atomic E-state index is -0.436. The summed E-state index contributed by atoms with van der Waals surface area (Å²) < 4.78 is 5.86. The zero-order chi connectivity index (χ0) is 18.7. The molecule has 0 unspecified atom stereocenters. The first-order valence-corrected chi connectivity index (χ1v) is 8.76. The molecule has 0 spiro atoms. The summed E-state index contributed by atoms with van der Waals surface area (Å²) >= 11 is 6.04. The van der Waals surface area contributed by atoms with Gasteiger partial charge in [0.2, 0.25) is 0 Å². The maximum absolute atomic E-state index is 11.6. The highest BCUT2D eigenvalue weighted by Crippen LogP contribution is 2.38. The van der Waals surface area contributed by atoms with Gasteiger partial charge in [-0.25, -0.2) is 4.98 Å². The number of benzene rings is 1. The molecule has 25 heavy (non-hydrogen) atoms. The van der Waals surface area contributed by atoms with E-state index in [-0.39, 0.29) is 17.5 Å². The number of nitrogens with zero attached hydrogens (tertiary/aromatic N) is 2. The molecule has 1 aromatic heterocycles. The number of hydrogen-bond donors (Lipinski definition) is 0. The number of pyridine rings is 1. The van der Waals surface area contributed by atoms with Crippen molar-refractivity contribution in [2.75, 3.05) is 0 Å². The van der Waals surface area contributed by atoms with Crippen molar-refractivity contribution in [1.82, 2.24) is 4.98 Å². The van der Waals surface area contributed by atoms with Crippen LogP contribution in [0.1, 0.15) is 55.0 Å². The summed E-state index contributed by atoms with van der Waals surface area (Å²) in [5, 5.41) is 12.2. The first kappa shape index (κ1) is 19.2. The van der Waals surface area contributed by atoms with Crippen molar-refractivity contribution in [1.29, 1.82) is 0 Å². The Kier molecular flexibility index (Phi) is 6.01. The summed E-state index contributed by atoms with van der Waals surface area (Å²) in [7, 11) is 0. The first-order chi connectivity index (χ1) is 11.8. The fraction of sp³-hybridized carbons (Fsp3) is 0.421. The van der Waals surface area contributed by atoms with E-state index in [0.717, 1.165) is 35.2 Å². The smallest absolute Gasteiger partial charge is 0.331 e. The van der Waals surface area contributed by atoms with Crippen LogP contribution in [0.4, 0.5) is 5.69 Å². The van der Waals surface area contributed by atoms with Gasteiger partial charge in [-0.3, -0.25) is 10.1 Å². The van der Waals surface area contributed by atoms with Gasteiger partial charge in [-0.05, 0) is 68.4 Å². The van der Waals surface area contributed by atoms with Crippen LogP contribution in [0.2, 0.25) is 5.02 Å². The molecule has 2 rings (SSSR count). The Bertz CT molecular complexity index is 778. The normalized spacial score (nSPS) is 11.0. The standard InChI is InChI=1S/C19H23ClN2O3/c1-6-14(7-2)16-10-17(22(23)24)19(21-13(16)5)25-18-11(3)8-15(20)9-12(18)4/h8-10,14H,6-7H2,1-5H3. The van der Waals surface area contributed by atoms with Crippen molar-refractivity contribution in [3.8, 4) is 11.6 Å². The molecule has 0 N–H and O–H groups in total. The number of aromatic nitrogens is 1. The van der Waals surface area contributed by atoms with E-state index in [2.05, 4.69) is 18.8 Å². The van der Waals surface area contributed by atoms with Crippen LogP contribution in [0, 0.1) is 30.9 Å². The van der Waals surface area contributed by atoms with Gasteiger partial charge in [0.1, 0.15) is 5.75 Å². The zero-order valence-corrected chi connectivity index (χ0v) is 16.0. The summed E-state index contributed by atoms with van der Waals surface area (Å²) in [6.45, 7) is 9.72. The van der Waals surface area contributed by atoms with Crippen LogP contribution in [-0.2, 0) is 0 Å². The van der Waals surface area contributed by atoms with Crippen molar-refractivity contribution < 1.29 is 9.66 Å². The fourth-order valence-corrected chi connectivity index (χ4v) is 3.42. The van der Waals surface area contributed by atoms with E-state index in [9.17, 15) is 10.1 Å². The minimum absolute atomic E-state index is 0.0192. The van der Waals surface area contributed by atoms with Crippen molar-refractivity contribution in [3.63, 3.8) is 0 Å². The van der Waals surface area contributed by atoms with Crippen LogP contribution in [0.3, 0.4) is 0 Å². The molecular formula is C19H23ClN2O3. The topological polar surface area (TPSA) is 65.3 Å². The van der Waals surface area contributed by atoms with Crippen molar-refractivity contribution in [2.45, 2.75) is 53.4 Å². The number of nitro groups is 1. The van der Waals surface area contributed by atoms with E-state index < -0.39 is 4.92 Å². The van der Waals surface area contributed by atoms with E-state index in [1.165, 1.54) is 0 Å². The van der Waals surface area contributed by atoms with Gasteiger partial charge < -0.3 is 4.74 Å². The lowest BCUT2D eigenvalue weighted by molar-refractivity contribution is -0.386. The Balaban J connectivity index is 2.55. The minimum Gasteiger partial charge on any atom is -0.433 e. The summed E-state index contributed by atoms with van der Waals surface area (Å²) in [5.41, 5.74) is 3.18. The average Bonchev–Trinajstić information content (AvgIpc) is 2.53. The Morgan fingerprint density at radius 2 is 1.72 bits per heavy atom. The number of rotatable bonds is 6. The summed E-state index contributed by atoms with van der Waals surface area (Å²) in [6.07, 6.45) is 1.82. The lowest BCUT2D eigenvalue weighted by Crippen LogP contribution is -2.05. The van der Waals surface area contributed by atoms with E-state index in [1.807, 2.05) is 20.8 Å². The third-order valence-corrected chi connectivity index (χ3v) is 4.66. The highest BCUT2D eigenvalue weighted by atomic mass is 35.5. The second kappa shape index (κ2) is 7.83. The predicted octanol–water partition coefficient (Wildman–Crippen LogP) is 6.26. The molecule has 0 bridgehead atoms. The van der Waals surface area contributed by atoms with E-state index in [4.69, 9.17) is 16.3 Å². The summed E-state index contributed by atoms with van der Waals surface area (Å²) in [6, 6.07) is 5.14. The highest BCUT2D eigenvalue weighted by Gasteiger charge is 2.24. The second-order valence-electron chi connectivity index (χ2n) is 6.23. The molecule has 134 valence electrons. The SMILES string of the molecule is CCC(CC)c1cc([N+](=O)[O-])c(Oc2c(C)cc(Cl)cc2C)nc1C. The molecule has 0 aliphatic heterocycles. The number of ether oxygens (including phenoxy) is 1. The van der Waals surface area contributed by atoms with Gasteiger partial charge in [0.05, 0.1) is 4.92 Å². The average molecular weight is 363 g/mol. The van der Waals surface area contributed by atoms with Crippen molar-refractivity contribution in [2.24, 2.45) is 0 Å². The maximum atomic E-state index is 11.6. The highest BCUT2D eigenvalue weighted by molar-refractivity contribution is 6.30.